The van der Waals surface area contributed by atoms with Gasteiger partial charge in [0.1, 0.15) is 0 Å². The fourth-order valence-electron chi connectivity index (χ4n) is 2.19. The molecule has 13 heavy (non-hydrogen) atoms. The number of rotatable bonds is 5. The van der Waals surface area contributed by atoms with E-state index < -0.39 is 0 Å². The van der Waals surface area contributed by atoms with Crippen molar-refractivity contribution < 1.29 is 4.74 Å². The van der Waals surface area contributed by atoms with Crippen molar-refractivity contribution in [3.63, 3.8) is 0 Å². The van der Waals surface area contributed by atoms with Gasteiger partial charge in [-0.05, 0) is 43.9 Å². The van der Waals surface area contributed by atoms with Gasteiger partial charge in [0.2, 0.25) is 0 Å². The maximum absolute atomic E-state index is 5.98. The second-order valence-electron chi connectivity index (χ2n) is 4.66. The molecule has 2 N–H and O–H groups in total. The van der Waals surface area contributed by atoms with Crippen molar-refractivity contribution in [1.29, 1.82) is 0 Å². The highest BCUT2D eigenvalue weighted by Gasteiger charge is 2.24. The number of ether oxygens (including phenoxy) is 1. The SMILES string of the molecule is NC1CCCC1CCOCC1CC1. The Morgan fingerprint density at radius 2 is 2.00 bits per heavy atom. The summed E-state index contributed by atoms with van der Waals surface area (Å²) in [4.78, 5) is 0. The second-order valence-corrected chi connectivity index (χ2v) is 4.66. The molecule has 76 valence electrons. The summed E-state index contributed by atoms with van der Waals surface area (Å²) in [6.07, 6.45) is 7.86. The largest absolute Gasteiger partial charge is 0.381 e. The van der Waals surface area contributed by atoms with Gasteiger partial charge in [-0.3, -0.25) is 0 Å². The highest BCUT2D eigenvalue weighted by Crippen LogP contribution is 2.30. The maximum atomic E-state index is 5.98. The van der Waals surface area contributed by atoms with Crippen LogP contribution in [-0.2, 0) is 4.74 Å². The predicted octanol–water partition coefficient (Wildman–Crippen LogP) is 1.93. The minimum absolute atomic E-state index is 0.463. The zero-order chi connectivity index (χ0) is 9.10. The quantitative estimate of drug-likeness (QED) is 0.661. The van der Waals surface area contributed by atoms with Gasteiger partial charge in [-0.1, -0.05) is 6.42 Å². The molecule has 2 heteroatoms. The Hall–Kier alpha value is -0.0800. The summed E-state index contributed by atoms with van der Waals surface area (Å²) in [7, 11) is 0. The summed E-state index contributed by atoms with van der Waals surface area (Å²) >= 11 is 0. The summed E-state index contributed by atoms with van der Waals surface area (Å²) < 4.78 is 5.61. The highest BCUT2D eigenvalue weighted by molar-refractivity contribution is 4.80. The van der Waals surface area contributed by atoms with Crippen molar-refractivity contribution in [2.45, 2.75) is 44.6 Å². The van der Waals surface area contributed by atoms with E-state index in [0.29, 0.717) is 6.04 Å². The molecule has 2 saturated carbocycles. The molecule has 2 fully saturated rings. The first-order chi connectivity index (χ1) is 6.36. The van der Waals surface area contributed by atoms with Crippen molar-refractivity contribution >= 4 is 0 Å². The van der Waals surface area contributed by atoms with Gasteiger partial charge in [0.15, 0.2) is 0 Å². The number of nitrogens with two attached hydrogens (primary N) is 1. The van der Waals surface area contributed by atoms with E-state index in [1.165, 1.54) is 38.5 Å². The van der Waals surface area contributed by atoms with Gasteiger partial charge >= 0.3 is 0 Å². The third-order valence-corrected chi connectivity index (χ3v) is 3.40. The highest BCUT2D eigenvalue weighted by atomic mass is 16.5. The fourth-order valence-corrected chi connectivity index (χ4v) is 2.19. The Morgan fingerprint density at radius 1 is 1.15 bits per heavy atom. The molecule has 2 unspecified atom stereocenters. The first kappa shape index (κ1) is 9.47. The Balaban J connectivity index is 1.51. The molecule has 0 aromatic heterocycles. The molecule has 0 saturated heterocycles. The minimum Gasteiger partial charge on any atom is -0.381 e. The molecular weight excluding hydrogens is 162 g/mol. The molecule has 2 aliphatic rings. The molecule has 0 heterocycles. The normalized spacial score (nSPS) is 33.9. The lowest BCUT2D eigenvalue weighted by Crippen LogP contribution is -2.25. The van der Waals surface area contributed by atoms with Gasteiger partial charge in [-0.25, -0.2) is 0 Å². The lowest BCUT2D eigenvalue weighted by atomic mass is 10.0. The fraction of sp³-hybridized carbons (Fsp3) is 1.00. The van der Waals surface area contributed by atoms with Crippen molar-refractivity contribution in [2.24, 2.45) is 17.6 Å². The van der Waals surface area contributed by atoms with Crippen LogP contribution in [0.15, 0.2) is 0 Å². The van der Waals surface area contributed by atoms with E-state index in [1.807, 2.05) is 0 Å². The van der Waals surface area contributed by atoms with E-state index in [2.05, 4.69) is 0 Å². The molecule has 0 bridgehead atoms. The van der Waals surface area contributed by atoms with Gasteiger partial charge in [0.05, 0.1) is 0 Å². The van der Waals surface area contributed by atoms with E-state index in [9.17, 15) is 0 Å². The minimum atomic E-state index is 0.463. The molecule has 0 aromatic rings. The summed E-state index contributed by atoms with van der Waals surface area (Å²) in [5, 5.41) is 0. The van der Waals surface area contributed by atoms with E-state index in [1.54, 1.807) is 0 Å². The van der Waals surface area contributed by atoms with E-state index in [-0.39, 0.29) is 0 Å². The summed E-state index contributed by atoms with van der Waals surface area (Å²) in [6, 6.07) is 0.463. The van der Waals surface area contributed by atoms with Crippen LogP contribution in [0.2, 0.25) is 0 Å². The summed E-state index contributed by atoms with van der Waals surface area (Å²) in [5.41, 5.74) is 5.98. The smallest absolute Gasteiger partial charge is 0.0494 e. The lowest BCUT2D eigenvalue weighted by molar-refractivity contribution is 0.110. The van der Waals surface area contributed by atoms with Crippen LogP contribution in [0.4, 0.5) is 0 Å². The molecule has 0 radical (unpaired) electrons. The first-order valence-corrected chi connectivity index (χ1v) is 5.69. The van der Waals surface area contributed by atoms with Crippen molar-refractivity contribution in [3.8, 4) is 0 Å². The van der Waals surface area contributed by atoms with Crippen LogP contribution in [0.3, 0.4) is 0 Å². The van der Waals surface area contributed by atoms with E-state index >= 15 is 0 Å². The topological polar surface area (TPSA) is 35.2 Å². The van der Waals surface area contributed by atoms with Gasteiger partial charge in [-0.15, -0.1) is 0 Å². The van der Waals surface area contributed by atoms with Gasteiger partial charge in [0, 0.05) is 19.3 Å². The number of hydrogen-bond acceptors (Lipinski definition) is 2. The molecule has 2 nitrogen and oxygen atoms in total. The first-order valence-electron chi connectivity index (χ1n) is 5.69. The maximum Gasteiger partial charge on any atom is 0.0494 e. The molecule has 2 rings (SSSR count). The lowest BCUT2D eigenvalue weighted by Gasteiger charge is -2.14. The van der Waals surface area contributed by atoms with Crippen LogP contribution in [0.5, 0.6) is 0 Å². The van der Waals surface area contributed by atoms with E-state index in [0.717, 1.165) is 25.0 Å². The number of hydrogen-bond donors (Lipinski definition) is 1. The van der Waals surface area contributed by atoms with E-state index in [4.69, 9.17) is 10.5 Å². The molecular formula is C11H21NO. The van der Waals surface area contributed by atoms with Crippen LogP contribution in [0.1, 0.15) is 38.5 Å². The van der Waals surface area contributed by atoms with Crippen LogP contribution in [0.25, 0.3) is 0 Å². The standard InChI is InChI=1S/C11H21NO/c12-11-3-1-2-10(11)6-7-13-8-9-4-5-9/h9-11H,1-8,12H2. The molecule has 0 amide bonds. The molecule has 0 spiro atoms. The van der Waals surface area contributed by atoms with Gasteiger partial charge in [-0.2, -0.15) is 0 Å². The summed E-state index contributed by atoms with van der Waals surface area (Å²) in [5.74, 6) is 1.65. The molecule has 0 aliphatic heterocycles. The van der Waals surface area contributed by atoms with Crippen molar-refractivity contribution in [1.82, 2.24) is 0 Å². The third-order valence-electron chi connectivity index (χ3n) is 3.40. The zero-order valence-corrected chi connectivity index (χ0v) is 8.37. The zero-order valence-electron chi connectivity index (χ0n) is 8.37. The average molecular weight is 183 g/mol. The monoisotopic (exact) mass is 183 g/mol. The molecule has 2 aliphatic carbocycles. The van der Waals surface area contributed by atoms with Crippen LogP contribution >= 0.6 is 0 Å². The average Bonchev–Trinajstić information content (AvgIpc) is 2.86. The Labute approximate surface area is 80.8 Å². The molecule has 2 atom stereocenters. The van der Waals surface area contributed by atoms with Gasteiger partial charge in [0.25, 0.3) is 0 Å². The van der Waals surface area contributed by atoms with Crippen LogP contribution in [-0.4, -0.2) is 19.3 Å². The second kappa shape index (κ2) is 4.43. The Bertz CT molecular complexity index is 156. The van der Waals surface area contributed by atoms with Crippen molar-refractivity contribution in [2.75, 3.05) is 13.2 Å². The third kappa shape index (κ3) is 2.96. The van der Waals surface area contributed by atoms with Gasteiger partial charge < -0.3 is 10.5 Å². The van der Waals surface area contributed by atoms with Crippen LogP contribution in [0, 0.1) is 11.8 Å². The van der Waals surface area contributed by atoms with Crippen molar-refractivity contribution in [3.05, 3.63) is 0 Å². The summed E-state index contributed by atoms with van der Waals surface area (Å²) in [6.45, 7) is 1.94. The Morgan fingerprint density at radius 3 is 2.62 bits per heavy atom. The molecule has 0 aromatic carbocycles. The predicted molar refractivity (Wildman–Crippen MR) is 53.5 cm³/mol. The Kier molecular flexibility index (Phi) is 3.23. The van der Waals surface area contributed by atoms with Crippen LogP contribution < -0.4 is 5.73 Å².